The Bertz CT molecular complexity index is 627. The van der Waals surface area contributed by atoms with Gasteiger partial charge in [0.1, 0.15) is 5.82 Å². The lowest BCUT2D eigenvalue weighted by molar-refractivity contribution is 0.0697. The topological polar surface area (TPSA) is 55.1 Å². The van der Waals surface area contributed by atoms with Gasteiger partial charge in [0, 0.05) is 13.0 Å². The Labute approximate surface area is 125 Å². The van der Waals surface area contributed by atoms with Crippen molar-refractivity contribution in [3.8, 4) is 0 Å². The number of aromatic nitrogens is 2. The van der Waals surface area contributed by atoms with Gasteiger partial charge in [-0.25, -0.2) is 9.78 Å². The fraction of sp³-hybridized carbons (Fsp3) is 0.529. The Morgan fingerprint density at radius 3 is 2.57 bits per heavy atom. The molecule has 0 atom stereocenters. The van der Waals surface area contributed by atoms with E-state index < -0.39 is 5.97 Å². The number of carboxylic acids is 1. The van der Waals surface area contributed by atoms with Crippen LogP contribution in [0.1, 0.15) is 56.2 Å². The quantitative estimate of drug-likeness (QED) is 0.833. The van der Waals surface area contributed by atoms with Gasteiger partial charge in [0.15, 0.2) is 0 Å². The van der Waals surface area contributed by atoms with E-state index in [2.05, 4.69) is 30.3 Å². The van der Waals surface area contributed by atoms with Gasteiger partial charge in [-0.3, -0.25) is 0 Å². The molecule has 4 heteroatoms. The second-order valence-corrected chi connectivity index (χ2v) is 5.58. The highest BCUT2D eigenvalue weighted by Gasteiger charge is 2.15. The first-order valence-corrected chi connectivity index (χ1v) is 7.83. The van der Waals surface area contributed by atoms with Crippen LogP contribution >= 0.6 is 0 Å². The lowest BCUT2D eigenvalue weighted by Crippen LogP contribution is -2.12. The molecule has 0 saturated heterocycles. The monoisotopic (exact) mass is 288 g/mol. The fourth-order valence-electron chi connectivity index (χ4n) is 2.74. The Kier molecular flexibility index (Phi) is 4.99. The highest BCUT2D eigenvalue weighted by molar-refractivity contribution is 5.92. The second kappa shape index (κ2) is 6.74. The molecule has 0 saturated carbocycles. The normalized spacial score (nSPS) is 11.4. The number of aryl methyl sites for hydroxylation is 1. The molecule has 0 aliphatic rings. The summed E-state index contributed by atoms with van der Waals surface area (Å²) >= 11 is 0. The molecule has 1 N–H and O–H groups in total. The highest BCUT2D eigenvalue weighted by atomic mass is 16.4. The summed E-state index contributed by atoms with van der Waals surface area (Å²) in [6, 6.07) is 5.25. The lowest BCUT2D eigenvalue weighted by Gasteiger charge is -2.16. The van der Waals surface area contributed by atoms with E-state index in [0.29, 0.717) is 11.5 Å². The van der Waals surface area contributed by atoms with Gasteiger partial charge in [0.2, 0.25) is 0 Å². The molecule has 4 nitrogen and oxygen atoms in total. The van der Waals surface area contributed by atoms with Crippen molar-refractivity contribution in [3.63, 3.8) is 0 Å². The summed E-state index contributed by atoms with van der Waals surface area (Å²) in [6.45, 7) is 7.54. The lowest BCUT2D eigenvalue weighted by atomic mass is 10.0. The van der Waals surface area contributed by atoms with E-state index in [4.69, 9.17) is 5.11 Å². The molecule has 1 aromatic heterocycles. The molecule has 1 aromatic carbocycles. The second-order valence-electron chi connectivity index (χ2n) is 5.58. The van der Waals surface area contributed by atoms with Gasteiger partial charge in [0.05, 0.1) is 16.6 Å². The van der Waals surface area contributed by atoms with Crippen LogP contribution in [-0.2, 0) is 13.0 Å². The van der Waals surface area contributed by atoms with Crippen LogP contribution < -0.4 is 0 Å². The fourth-order valence-corrected chi connectivity index (χ4v) is 2.74. The first-order valence-electron chi connectivity index (χ1n) is 7.83. The first kappa shape index (κ1) is 15.5. The third kappa shape index (κ3) is 3.26. The number of aromatic carboxylic acids is 1. The average Bonchev–Trinajstić information content (AvgIpc) is 2.81. The zero-order chi connectivity index (χ0) is 15.4. The van der Waals surface area contributed by atoms with Crippen molar-refractivity contribution in [2.24, 2.45) is 5.92 Å². The van der Waals surface area contributed by atoms with Crippen LogP contribution in [0, 0.1) is 5.92 Å². The van der Waals surface area contributed by atoms with E-state index in [9.17, 15) is 4.79 Å². The smallest absolute Gasteiger partial charge is 0.335 e. The number of fused-ring (bicyclic) bond motifs is 1. The van der Waals surface area contributed by atoms with Gasteiger partial charge in [-0.1, -0.05) is 33.6 Å². The average molecular weight is 288 g/mol. The predicted molar refractivity (Wildman–Crippen MR) is 84.8 cm³/mol. The molecule has 0 fully saturated rings. The molecule has 0 amide bonds. The molecule has 114 valence electrons. The van der Waals surface area contributed by atoms with Crippen molar-refractivity contribution >= 4 is 17.0 Å². The van der Waals surface area contributed by atoms with Crippen LogP contribution in [0.5, 0.6) is 0 Å². The maximum atomic E-state index is 11.1. The molecular formula is C17H24N2O2. The molecule has 21 heavy (non-hydrogen) atoms. The van der Waals surface area contributed by atoms with E-state index in [-0.39, 0.29) is 0 Å². The molecule has 1 heterocycles. The molecule has 0 radical (unpaired) electrons. The number of benzene rings is 1. The Morgan fingerprint density at radius 2 is 2.00 bits per heavy atom. The SMILES string of the molecule is CCCc1nc2cc(C(=O)O)ccc2n1CC(CC)CC. The van der Waals surface area contributed by atoms with Gasteiger partial charge < -0.3 is 9.67 Å². The molecule has 2 rings (SSSR count). The maximum absolute atomic E-state index is 11.1. The molecular weight excluding hydrogens is 264 g/mol. The Morgan fingerprint density at radius 1 is 1.29 bits per heavy atom. The number of hydrogen-bond donors (Lipinski definition) is 1. The zero-order valence-electron chi connectivity index (χ0n) is 13.1. The first-order chi connectivity index (χ1) is 10.1. The number of rotatable bonds is 7. The van der Waals surface area contributed by atoms with Gasteiger partial charge in [-0.2, -0.15) is 0 Å². The van der Waals surface area contributed by atoms with Crippen LogP contribution in [0.25, 0.3) is 11.0 Å². The standard InChI is InChI=1S/C17H24N2O2/c1-4-7-16-18-14-10-13(17(20)21)8-9-15(14)19(16)11-12(5-2)6-3/h8-10,12H,4-7,11H2,1-3H3,(H,20,21). The van der Waals surface area contributed by atoms with Crippen molar-refractivity contribution in [1.82, 2.24) is 9.55 Å². The van der Waals surface area contributed by atoms with E-state index in [1.807, 2.05) is 6.07 Å². The highest BCUT2D eigenvalue weighted by Crippen LogP contribution is 2.22. The van der Waals surface area contributed by atoms with Crippen LogP contribution in [0.2, 0.25) is 0 Å². The molecule has 0 spiro atoms. The number of nitrogens with zero attached hydrogens (tertiary/aromatic N) is 2. The minimum atomic E-state index is -0.900. The van der Waals surface area contributed by atoms with Gasteiger partial charge in [-0.05, 0) is 30.5 Å². The Hall–Kier alpha value is -1.84. The summed E-state index contributed by atoms with van der Waals surface area (Å²) < 4.78 is 2.28. The van der Waals surface area contributed by atoms with Crippen LogP contribution in [0.3, 0.4) is 0 Å². The zero-order valence-corrected chi connectivity index (χ0v) is 13.1. The summed E-state index contributed by atoms with van der Waals surface area (Å²) in [5.74, 6) is 0.808. The van der Waals surface area contributed by atoms with E-state index in [1.165, 1.54) is 0 Å². The van der Waals surface area contributed by atoms with E-state index >= 15 is 0 Å². The van der Waals surface area contributed by atoms with Crippen LogP contribution in [0.4, 0.5) is 0 Å². The third-order valence-electron chi connectivity index (χ3n) is 4.14. The Balaban J connectivity index is 2.49. The summed E-state index contributed by atoms with van der Waals surface area (Å²) in [5.41, 5.74) is 2.15. The van der Waals surface area contributed by atoms with Crippen LogP contribution in [-0.4, -0.2) is 20.6 Å². The number of carbonyl (C=O) groups is 1. The molecule has 0 unspecified atom stereocenters. The summed E-state index contributed by atoms with van der Waals surface area (Å²) in [7, 11) is 0. The van der Waals surface area contributed by atoms with Gasteiger partial charge >= 0.3 is 5.97 Å². The predicted octanol–water partition coefficient (Wildman–Crippen LogP) is 4.12. The van der Waals surface area contributed by atoms with Crippen molar-refractivity contribution in [2.45, 2.75) is 53.0 Å². The summed E-state index contributed by atoms with van der Waals surface area (Å²) in [4.78, 5) is 15.8. The van der Waals surface area contributed by atoms with E-state index in [0.717, 1.165) is 49.1 Å². The third-order valence-corrected chi connectivity index (χ3v) is 4.14. The summed E-state index contributed by atoms with van der Waals surface area (Å²) in [6.07, 6.45) is 4.26. The van der Waals surface area contributed by atoms with Crippen LogP contribution in [0.15, 0.2) is 18.2 Å². The number of hydrogen-bond acceptors (Lipinski definition) is 2. The minimum Gasteiger partial charge on any atom is -0.478 e. The molecule has 0 bridgehead atoms. The largest absolute Gasteiger partial charge is 0.478 e. The van der Waals surface area contributed by atoms with Crippen molar-refractivity contribution in [2.75, 3.05) is 0 Å². The number of carboxylic acid groups (broad SMARTS) is 1. The molecule has 0 aliphatic heterocycles. The maximum Gasteiger partial charge on any atom is 0.335 e. The minimum absolute atomic E-state index is 0.303. The van der Waals surface area contributed by atoms with Crippen molar-refractivity contribution < 1.29 is 9.90 Å². The molecule has 0 aliphatic carbocycles. The number of imidazole rings is 1. The van der Waals surface area contributed by atoms with Crippen molar-refractivity contribution in [3.05, 3.63) is 29.6 Å². The summed E-state index contributed by atoms with van der Waals surface area (Å²) in [5, 5.41) is 9.11. The van der Waals surface area contributed by atoms with E-state index in [1.54, 1.807) is 12.1 Å². The molecule has 2 aromatic rings. The van der Waals surface area contributed by atoms with Crippen molar-refractivity contribution in [1.29, 1.82) is 0 Å². The van der Waals surface area contributed by atoms with Gasteiger partial charge in [-0.15, -0.1) is 0 Å². The van der Waals surface area contributed by atoms with Gasteiger partial charge in [0.25, 0.3) is 0 Å².